The largest absolute Gasteiger partial charge is 0.0800 e. The lowest BCUT2D eigenvalue weighted by Gasteiger charge is -2.40. The molecule has 2 aliphatic rings. The topological polar surface area (TPSA) is 0 Å². The van der Waals surface area contributed by atoms with E-state index in [1.165, 1.54) is 25.2 Å². The zero-order chi connectivity index (χ0) is 11.3. The minimum atomic E-state index is 0. The SMILES string of the molecule is CCP(CC)C1=C[C@H]2CC[C@]1(C)C2(C)C.[B]. The molecule has 2 heteroatoms. The average Bonchev–Trinajstić information content (AvgIpc) is 2.52. The third-order valence-corrected chi connectivity index (χ3v) is 8.18. The molecule has 0 N–H and O–H groups in total. The molecule has 1 fully saturated rings. The predicted molar refractivity (Wildman–Crippen MR) is 76.5 cm³/mol. The summed E-state index contributed by atoms with van der Waals surface area (Å²) in [5.41, 5.74) is 1.07. The molecule has 0 nitrogen and oxygen atoms in total. The van der Waals surface area contributed by atoms with Crippen molar-refractivity contribution in [1.82, 2.24) is 0 Å². The predicted octanol–water partition coefficient (Wildman–Crippen LogP) is 4.47. The fraction of sp³-hybridized carbons (Fsp3) is 0.857. The van der Waals surface area contributed by atoms with Gasteiger partial charge in [-0.15, -0.1) is 0 Å². The molecule has 16 heavy (non-hydrogen) atoms. The van der Waals surface area contributed by atoms with Crippen LogP contribution in [-0.2, 0) is 0 Å². The van der Waals surface area contributed by atoms with E-state index in [1.54, 1.807) is 0 Å². The van der Waals surface area contributed by atoms with Crippen molar-refractivity contribution >= 4 is 16.3 Å². The van der Waals surface area contributed by atoms with E-state index in [1.807, 2.05) is 5.31 Å². The maximum atomic E-state index is 2.67. The highest BCUT2D eigenvalue weighted by molar-refractivity contribution is 7.62. The lowest BCUT2D eigenvalue weighted by Crippen LogP contribution is -2.30. The zero-order valence-corrected chi connectivity index (χ0v) is 12.4. The fourth-order valence-corrected chi connectivity index (χ4v) is 6.30. The summed E-state index contributed by atoms with van der Waals surface area (Å²) in [7, 11) is 0.182. The second-order valence-electron chi connectivity index (χ2n) is 5.92. The second-order valence-corrected chi connectivity index (χ2v) is 8.75. The molecule has 0 saturated heterocycles. The molecule has 0 unspecified atom stereocenters. The molecular formula is C14H25BP. The van der Waals surface area contributed by atoms with Gasteiger partial charge in [0.15, 0.2) is 0 Å². The van der Waals surface area contributed by atoms with E-state index < -0.39 is 0 Å². The molecule has 2 bridgehead atoms. The Labute approximate surface area is 105 Å². The Bertz CT molecular complexity index is 291. The van der Waals surface area contributed by atoms with E-state index in [-0.39, 0.29) is 16.3 Å². The Kier molecular flexibility index (Phi) is 4.01. The van der Waals surface area contributed by atoms with E-state index in [9.17, 15) is 0 Å². The van der Waals surface area contributed by atoms with Crippen molar-refractivity contribution in [3.05, 3.63) is 11.4 Å². The van der Waals surface area contributed by atoms with Crippen LogP contribution in [0.15, 0.2) is 11.4 Å². The van der Waals surface area contributed by atoms with E-state index in [0.29, 0.717) is 10.8 Å². The van der Waals surface area contributed by atoms with Crippen LogP contribution < -0.4 is 0 Å². The second kappa shape index (κ2) is 4.49. The lowest BCUT2D eigenvalue weighted by molar-refractivity contribution is 0.178. The zero-order valence-electron chi connectivity index (χ0n) is 11.5. The Morgan fingerprint density at radius 1 is 1.25 bits per heavy atom. The molecule has 2 aliphatic carbocycles. The van der Waals surface area contributed by atoms with Crippen molar-refractivity contribution in [3.63, 3.8) is 0 Å². The maximum Gasteiger partial charge on any atom is 0 e. The summed E-state index contributed by atoms with van der Waals surface area (Å²) in [5.74, 6) is 0.876. The number of rotatable bonds is 3. The third kappa shape index (κ3) is 1.62. The molecule has 1 saturated carbocycles. The van der Waals surface area contributed by atoms with Gasteiger partial charge >= 0.3 is 0 Å². The summed E-state index contributed by atoms with van der Waals surface area (Å²) in [4.78, 5) is 0. The molecule has 0 aliphatic heterocycles. The first kappa shape index (κ1) is 14.3. The summed E-state index contributed by atoms with van der Waals surface area (Å²) in [5, 5.41) is 1.86. The number of fused-ring (bicyclic) bond motifs is 2. The standard InChI is InChI=1S/C14H25P.B/c1-6-15(7-2)12-10-11-8-9-14(12,5)13(11,3)4;/h10-11H,6-9H2,1-5H3;/t11-,14+;/m1./s1. The van der Waals surface area contributed by atoms with Crippen LogP contribution in [0.2, 0.25) is 0 Å². The molecule has 0 aromatic heterocycles. The summed E-state index contributed by atoms with van der Waals surface area (Å²) < 4.78 is 0. The van der Waals surface area contributed by atoms with Gasteiger partial charge < -0.3 is 0 Å². The third-order valence-electron chi connectivity index (χ3n) is 5.33. The molecule has 2 rings (SSSR count). The van der Waals surface area contributed by atoms with Crippen molar-refractivity contribution in [2.75, 3.05) is 12.3 Å². The molecule has 0 spiro atoms. The first-order valence-corrected chi connectivity index (χ1v) is 8.15. The fourth-order valence-electron chi connectivity index (χ4n) is 3.68. The average molecular weight is 235 g/mol. The van der Waals surface area contributed by atoms with E-state index >= 15 is 0 Å². The molecule has 0 aromatic carbocycles. The monoisotopic (exact) mass is 235 g/mol. The number of hydrogen-bond donors (Lipinski definition) is 0. The summed E-state index contributed by atoms with van der Waals surface area (Å²) in [6, 6.07) is 0. The highest BCUT2D eigenvalue weighted by Gasteiger charge is 2.57. The first-order valence-electron chi connectivity index (χ1n) is 6.44. The van der Waals surface area contributed by atoms with E-state index in [2.05, 4.69) is 40.7 Å². The Morgan fingerprint density at radius 3 is 2.12 bits per heavy atom. The van der Waals surface area contributed by atoms with Crippen LogP contribution in [0.5, 0.6) is 0 Å². The van der Waals surface area contributed by atoms with Crippen molar-refractivity contribution in [1.29, 1.82) is 0 Å². The minimum Gasteiger partial charge on any atom is -0.0800 e. The Morgan fingerprint density at radius 2 is 1.81 bits per heavy atom. The van der Waals surface area contributed by atoms with Crippen molar-refractivity contribution in [2.24, 2.45) is 16.7 Å². The van der Waals surface area contributed by atoms with Gasteiger partial charge in [0.25, 0.3) is 0 Å². The number of hydrogen-bond acceptors (Lipinski definition) is 0. The van der Waals surface area contributed by atoms with Gasteiger partial charge in [-0.1, -0.05) is 48.6 Å². The Balaban J connectivity index is 0.00000128. The van der Waals surface area contributed by atoms with Gasteiger partial charge in [-0.05, 0) is 47.2 Å². The van der Waals surface area contributed by atoms with Gasteiger partial charge in [0.2, 0.25) is 0 Å². The van der Waals surface area contributed by atoms with E-state index in [4.69, 9.17) is 0 Å². The first-order chi connectivity index (χ1) is 6.97. The Hall–Kier alpha value is 0.235. The highest BCUT2D eigenvalue weighted by atomic mass is 31.1. The van der Waals surface area contributed by atoms with Gasteiger partial charge in [-0.25, -0.2) is 0 Å². The van der Waals surface area contributed by atoms with Gasteiger partial charge in [0.1, 0.15) is 0 Å². The summed E-state index contributed by atoms with van der Waals surface area (Å²) in [6.45, 7) is 12.3. The quantitative estimate of drug-likeness (QED) is 0.500. The highest BCUT2D eigenvalue weighted by Crippen LogP contribution is 2.72. The van der Waals surface area contributed by atoms with Crippen LogP contribution >= 0.6 is 7.92 Å². The van der Waals surface area contributed by atoms with Gasteiger partial charge in [-0.3, -0.25) is 0 Å². The lowest BCUT2D eigenvalue weighted by atomic mass is 9.70. The van der Waals surface area contributed by atoms with Crippen LogP contribution in [-0.4, -0.2) is 20.7 Å². The van der Waals surface area contributed by atoms with E-state index in [0.717, 1.165) is 5.92 Å². The van der Waals surface area contributed by atoms with Crippen molar-refractivity contribution in [3.8, 4) is 0 Å². The molecule has 0 heterocycles. The van der Waals surface area contributed by atoms with Crippen LogP contribution in [0, 0.1) is 16.7 Å². The molecule has 0 amide bonds. The summed E-state index contributed by atoms with van der Waals surface area (Å²) >= 11 is 0. The van der Waals surface area contributed by atoms with Gasteiger partial charge in [0, 0.05) is 8.41 Å². The summed E-state index contributed by atoms with van der Waals surface area (Å²) in [6.07, 6.45) is 8.31. The smallest absolute Gasteiger partial charge is 0 e. The van der Waals surface area contributed by atoms with Crippen molar-refractivity contribution < 1.29 is 0 Å². The molecular weight excluding hydrogens is 210 g/mol. The maximum absolute atomic E-state index is 2.67. The van der Waals surface area contributed by atoms with Crippen LogP contribution in [0.4, 0.5) is 0 Å². The van der Waals surface area contributed by atoms with Crippen LogP contribution in [0.3, 0.4) is 0 Å². The van der Waals surface area contributed by atoms with Gasteiger partial charge in [0.05, 0.1) is 0 Å². The van der Waals surface area contributed by atoms with Crippen molar-refractivity contribution in [2.45, 2.75) is 47.5 Å². The molecule has 2 atom stereocenters. The number of allylic oxidation sites excluding steroid dienone is 2. The molecule has 3 radical (unpaired) electrons. The normalized spacial score (nSPS) is 35.1. The molecule has 89 valence electrons. The van der Waals surface area contributed by atoms with Gasteiger partial charge in [-0.2, -0.15) is 0 Å². The van der Waals surface area contributed by atoms with Crippen LogP contribution in [0.1, 0.15) is 47.5 Å². The minimum absolute atomic E-state index is 0. The molecule has 0 aromatic rings. The van der Waals surface area contributed by atoms with Crippen LogP contribution in [0.25, 0.3) is 0 Å².